The zero-order chi connectivity index (χ0) is 15.8. The summed E-state index contributed by atoms with van der Waals surface area (Å²) in [5, 5.41) is 10.2. The number of hydroxylamine groups is 1. The van der Waals surface area contributed by atoms with Gasteiger partial charge >= 0.3 is 0 Å². The molecule has 1 amide bonds. The molecule has 6 nitrogen and oxygen atoms in total. The molecule has 22 heavy (non-hydrogen) atoms. The number of rotatable bonds is 6. The van der Waals surface area contributed by atoms with Crippen LogP contribution in [0.3, 0.4) is 0 Å². The van der Waals surface area contributed by atoms with Crippen LogP contribution in [-0.2, 0) is 17.6 Å². The maximum atomic E-state index is 11.6. The molecule has 0 bridgehead atoms. The van der Waals surface area contributed by atoms with Crippen LogP contribution < -0.4 is 11.0 Å². The third kappa shape index (κ3) is 5.19. The number of aromatic amines is 1. The molecule has 0 spiro atoms. The normalized spacial score (nSPS) is 10.8. The van der Waals surface area contributed by atoms with Gasteiger partial charge in [-0.2, -0.15) is 0 Å². The van der Waals surface area contributed by atoms with Crippen LogP contribution in [0.5, 0.6) is 0 Å². The van der Waals surface area contributed by atoms with Crippen LogP contribution in [0.2, 0.25) is 0 Å². The third-order valence-corrected chi connectivity index (χ3v) is 3.48. The molecule has 2 rings (SSSR count). The van der Waals surface area contributed by atoms with E-state index in [9.17, 15) is 9.59 Å². The number of aromatic nitrogens is 2. The number of nitrogens with zero attached hydrogens (tertiary/aromatic N) is 1. The molecule has 1 heterocycles. The highest BCUT2D eigenvalue weighted by atomic mass is 32.2. The lowest BCUT2D eigenvalue weighted by Crippen LogP contribution is -2.14. The van der Waals surface area contributed by atoms with E-state index in [1.807, 2.05) is 30.3 Å². The molecule has 0 aliphatic carbocycles. The van der Waals surface area contributed by atoms with Gasteiger partial charge in [0.05, 0.1) is 0 Å². The summed E-state index contributed by atoms with van der Waals surface area (Å²) >= 11 is 1.09. The molecule has 0 unspecified atom stereocenters. The summed E-state index contributed by atoms with van der Waals surface area (Å²) in [6.45, 7) is 0. The first-order chi connectivity index (χ1) is 10.7. The maximum Gasteiger partial charge on any atom is 0.267 e. The highest BCUT2D eigenvalue weighted by Crippen LogP contribution is 2.13. The molecule has 1 aromatic heterocycles. The smallest absolute Gasteiger partial charge is 0.267 e. The first kappa shape index (κ1) is 16.0. The molecular weight excluding hydrogens is 302 g/mol. The second-order valence-electron chi connectivity index (χ2n) is 4.42. The SMILES string of the molecule is O=C(/C=C/Sc1nc(CCc2ccccc2)cc(=O)[nH]1)NO. The fraction of sp³-hybridized carbons (Fsp3) is 0.133. The van der Waals surface area contributed by atoms with E-state index in [2.05, 4.69) is 9.97 Å². The third-order valence-electron chi connectivity index (χ3n) is 2.79. The van der Waals surface area contributed by atoms with Gasteiger partial charge in [-0.25, -0.2) is 10.5 Å². The first-order valence-corrected chi connectivity index (χ1v) is 7.47. The number of thioether (sulfide) groups is 1. The number of hydrogen-bond donors (Lipinski definition) is 3. The van der Waals surface area contributed by atoms with Crippen LogP contribution in [0.4, 0.5) is 0 Å². The Hall–Kier alpha value is -2.38. The predicted molar refractivity (Wildman–Crippen MR) is 83.6 cm³/mol. The van der Waals surface area contributed by atoms with Gasteiger partial charge in [0.1, 0.15) is 0 Å². The monoisotopic (exact) mass is 317 g/mol. The van der Waals surface area contributed by atoms with E-state index in [0.717, 1.165) is 24.3 Å². The fourth-order valence-electron chi connectivity index (χ4n) is 1.78. The summed E-state index contributed by atoms with van der Waals surface area (Å²) in [5.41, 5.74) is 3.11. The fourth-order valence-corrected chi connectivity index (χ4v) is 2.43. The Balaban J connectivity index is 2.02. The van der Waals surface area contributed by atoms with E-state index in [1.54, 1.807) is 0 Å². The molecule has 0 radical (unpaired) electrons. The van der Waals surface area contributed by atoms with Crippen molar-refractivity contribution in [3.63, 3.8) is 0 Å². The minimum Gasteiger partial charge on any atom is -0.301 e. The van der Waals surface area contributed by atoms with Gasteiger partial charge in [-0.3, -0.25) is 14.8 Å². The van der Waals surface area contributed by atoms with E-state index in [1.165, 1.54) is 22.5 Å². The first-order valence-electron chi connectivity index (χ1n) is 6.59. The summed E-state index contributed by atoms with van der Waals surface area (Å²) in [6, 6.07) is 11.4. The van der Waals surface area contributed by atoms with Crippen LogP contribution in [0.1, 0.15) is 11.3 Å². The zero-order valence-corrected chi connectivity index (χ0v) is 12.5. The maximum absolute atomic E-state index is 11.6. The Morgan fingerprint density at radius 3 is 2.82 bits per heavy atom. The predicted octanol–water partition coefficient (Wildman–Crippen LogP) is 1.67. The molecular formula is C15H15N3O3S. The summed E-state index contributed by atoms with van der Waals surface area (Å²) in [4.78, 5) is 29.4. The molecule has 7 heteroatoms. The average Bonchev–Trinajstić information content (AvgIpc) is 2.53. The number of benzene rings is 1. The average molecular weight is 317 g/mol. The molecule has 0 atom stereocenters. The van der Waals surface area contributed by atoms with Crippen molar-refractivity contribution in [2.75, 3.05) is 0 Å². The molecule has 114 valence electrons. The Morgan fingerprint density at radius 2 is 2.09 bits per heavy atom. The van der Waals surface area contributed by atoms with Crippen molar-refractivity contribution in [2.45, 2.75) is 18.0 Å². The van der Waals surface area contributed by atoms with Gasteiger partial charge in [-0.15, -0.1) is 0 Å². The number of carbonyl (C=O) groups excluding carboxylic acids is 1. The minimum atomic E-state index is -0.643. The van der Waals surface area contributed by atoms with E-state index < -0.39 is 5.91 Å². The van der Waals surface area contributed by atoms with Gasteiger partial charge in [0.2, 0.25) is 0 Å². The number of carbonyl (C=O) groups is 1. The summed E-state index contributed by atoms with van der Waals surface area (Å²) < 4.78 is 0. The van der Waals surface area contributed by atoms with Crippen molar-refractivity contribution < 1.29 is 10.0 Å². The Labute approximate surface area is 131 Å². The number of amides is 1. The molecule has 0 fully saturated rings. The second kappa shape index (κ2) is 8.16. The summed E-state index contributed by atoms with van der Waals surface area (Å²) in [5.74, 6) is -0.643. The van der Waals surface area contributed by atoms with Gasteiger partial charge in [-0.1, -0.05) is 42.1 Å². The van der Waals surface area contributed by atoms with Gasteiger partial charge in [0, 0.05) is 17.8 Å². The molecule has 1 aromatic carbocycles. The van der Waals surface area contributed by atoms with Crippen LogP contribution in [0, 0.1) is 0 Å². The van der Waals surface area contributed by atoms with E-state index >= 15 is 0 Å². The topological polar surface area (TPSA) is 95.1 Å². The summed E-state index contributed by atoms with van der Waals surface area (Å²) in [6.07, 6.45) is 2.59. The van der Waals surface area contributed by atoms with Crippen molar-refractivity contribution in [2.24, 2.45) is 0 Å². The second-order valence-corrected chi connectivity index (χ2v) is 5.32. The van der Waals surface area contributed by atoms with Gasteiger partial charge in [0.15, 0.2) is 5.16 Å². The number of nitrogens with one attached hydrogen (secondary N) is 2. The van der Waals surface area contributed by atoms with Crippen LogP contribution in [0.15, 0.2) is 57.8 Å². The quantitative estimate of drug-likeness (QED) is 0.248. The van der Waals surface area contributed by atoms with Crippen molar-refractivity contribution in [3.8, 4) is 0 Å². The Kier molecular flexibility index (Phi) is 5.93. The van der Waals surface area contributed by atoms with E-state index in [4.69, 9.17) is 5.21 Å². The van der Waals surface area contributed by atoms with Gasteiger partial charge < -0.3 is 4.98 Å². The number of hydrogen-bond acceptors (Lipinski definition) is 5. The standard InChI is InChI=1S/C15H15N3O3S/c19-13(18-21)8-9-22-15-16-12(10-14(20)17-15)7-6-11-4-2-1-3-5-11/h1-5,8-10,21H,6-7H2,(H,18,19)(H,16,17,20)/b9-8+. The minimum absolute atomic E-state index is 0.236. The largest absolute Gasteiger partial charge is 0.301 e. The molecule has 3 N–H and O–H groups in total. The van der Waals surface area contributed by atoms with Crippen LogP contribution in [-0.4, -0.2) is 21.1 Å². The Bertz CT molecular complexity index is 713. The van der Waals surface area contributed by atoms with Gasteiger partial charge in [-0.05, 0) is 23.8 Å². The number of aryl methyl sites for hydroxylation is 2. The van der Waals surface area contributed by atoms with Crippen LogP contribution >= 0.6 is 11.8 Å². The van der Waals surface area contributed by atoms with E-state index in [-0.39, 0.29) is 5.56 Å². The van der Waals surface area contributed by atoms with Crippen molar-refractivity contribution in [1.29, 1.82) is 0 Å². The lowest BCUT2D eigenvalue weighted by Gasteiger charge is -2.03. The van der Waals surface area contributed by atoms with Crippen molar-refractivity contribution in [3.05, 3.63) is 69.5 Å². The molecule has 2 aromatic rings. The highest BCUT2D eigenvalue weighted by molar-refractivity contribution is 8.02. The summed E-state index contributed by atoms with van der Waals surface area (Å²) in [7, 11) is 0. The molecule has 0 aliphatic heterocycles. The van der Waals surface area contributed by atoms with Crippen molar-refractivity contribution in [1.82, 2.24) is 15.4 Å². The molecule has 0 saturated heterocycles. The molecule has 0 saturated carbocycles. The van der Waals surface area contributed by atoms with E-state index in [0.29, 0.717) is 17.3 Å². The lowest BCUT2D eigenvalue weighted by molar-refractivity contribution is -0.124. The van der Waals surface area contributed by atoms with Gasteiger partial charge in [0.25, 0.3) is 11.5 Å². The van der Waals surface area contributed by atoms with Crippen LogP contribution in [0.25, 0.3) is 0 Å². The zero-order valence-electron chi connectivity index (χ0n) is 11.7. The highest BCUT2D eigenvalue weighted by Gasteiger charge is 2.02. The number of H-pyrrole nitrogens is 1. The van der Waals surface area contributed by atoms with Crippen molar-refractivity contribution >= 4 is 17.7 Å². The lowest BCUT2D eigenvalue weighted by atomic mass is 10.1. The molecule has 0 aliphatic rings. The Morgan fingerprint density at radius 1 is 1.32 bits per heavy atom.